The van der Waals surface area contributed by atoms with Gasteiger partial charge in [-0.15, -0.1) is 0 Å². The monoisotopic (exact) mass is 161 g/mol. The lowest BCUT2D eigenvalue weighted by atomic mass is 9.94. The van der Waals surface area contributed by atoms with E-state index in [1.807, 2.05) is 0 Å². The molecule has 1 nitrogen and oxygen atoms in total. The summed E-state index contributed by atoms with van der Waals surface area (Å²) in [6.07, 6.45) is 1.61. The number of alkyl halides is 2. The molecule has 0 aromatic heterocycles. The van der Waals surface area contributed by atoms with Crippen LogP contribution in [-0.4, -0.2) is 19.0 Å². The van der Waals surface area contributed by atoms with Gasteiger partial charge in [0, 0.05) is 12.5 Å². The first-order chi connectivity index (χ1) is 5.11. The van der Waals surface area contributed by atoms with Gasteiger partial charge in [-0.2, -0.15) is 0 Å². The molecule has 0 aromatic carbocycles. The second-order valence-electron chi connectivity index (χ2n) is 3.78. The van der Waals surface area contributed by atoms with E-state index in [2.05, 4.69) is 5.32 Å². The second-order valence-corrected chi connectivity index (χ2v) is 3.78. The van der Waals surface area contributed by atoms with Crippen molar-refractivity contribution in [2.75, 3.05) is 13.1 Å². The third-order valence-corrected chi connectivity index (χ3v) is 3.37. The molecule has 64 valence electrons. The van der Waals surface area contributed by atoms with Gasteiger partial charge in [-0.25, -0.2) is 8.78 Å². The molecule has 11 heavy (non-hydrogen) atoms. The predicted octanol–water partition coefficient (Wildman–Crippen LogP) is 1.64. The van der Waals surface area contributed by atoms with Gasteiger partial charge in [0.1, 0.15) is 0 Å². The van der Waals surface area contributed by atoms with E-state index in [0.717, 1.165) is 13.0 Å². The second kappa shape index (κ2) is 1.94. The van der Waals surface area contributed by atoms with Crippen LogP contribution in [0.1, 0.15) is 19.8 Å². The van der Waals surface area contributed by atoms with E-state index in [9.17, 15) is 8.78 Å². The van der Waals surface area contributed by atoms with Crippen molar-refractivity contribution in [2.24, 2.45) is 11.3 Å². The molecule has 2 unspecified atom stereocenters. The number of hydrogen-bond donors (Lipinski definition) is 1. The van der Waals surface area contributed by atoms with Crippen molar-refractivity contribution < 1.29 is 8.78 Å². The van der Waals surface area contributed by atoms with Crippen LogP contribution in [0.5, 0.6) is 0 Å². The van der Waals surface area contributed by atoms with Crippen LogP contribution in [0.25, 0.3) is 0 Å². The SMILES string of the molecule is CC1C(F)(F)C12CCCNC2. The highest BCUT2D eigenvalue weighted by Gasteiger charge is 2.77. The Morgan fingerprint density at radius 2 is 2.09 bits per heavy atom. The highest BCUT2D eigenvalue weighted by atomic mass is 19.3. The maximum atomic E-state index is 13.0. The van der Waals surface area contributed by atoms with E-state index in [-0.39, 0.29) is 0 Å². The molecule has 3 heteroatoms. The summed E-state index contributed by atoms with van der Waals surface area (Å²) in [5.74, 6) is -2.79. The van der Waals surface area contributed by atoms with Crippen LogP contribution in [0.15, 0.2) is 0 Å². The highest BCUT2D eigenvalue weighted by molar-refractivity contribution is 5.17. The lowest BCUT2D eigenvalue weighted by Crippen LogP contribution is -2.34. The van der Waals surface area contributed by atoms with Crippen LogP contribution in [-0.2, 0) is 0 Å². The zero-order chi connectivity index (χ0) is 8.11. The van der Waals surface area contributed by atoms with Gasteiger partial charge in [-0.05, 0) is 19.4 Å². The quantitative estimate of drug-likeness (QED) is 0.569. The Balaban J connectivity index is 2.13. The molecule has 1 saturated heterocycles. The van der Waals surface area contributed by atoms with Gasteiger partial charge in [0.2, 0.25) is 0 Å². The van der Waals surface area contributed by atoms with Gasteiger partial charge in [0.15, 0.2) is 0 Å². The van der Waals surface area contributed by atoms with Crippen molar-refractivity contribution in [2.45, 2.75) is 25.7 Å². The first-order valence-electron chi connectivity index (χ1n) is 4.20. The van der Waals surface area contributed by atoms with E-state index < -0.39 is 17.3 Å². The summed E-state index contributed by atoms with van der Waals surface area (Å²) in [6.45, 7) is 3.08. The summed E-state index contributed by atoms with van der Waals surface area (Å²) in [7, 11) is 0. The highest BCUT2D eigenvalue weighted by Crippen LogP contribution is 2.68. The number of hydrogen-bond acceptors (Lipinski definition) is 1. The van der Waals surface area contributed by atoms with Crippen molar-refractivity contribution in [3.8, 4) is 0 Å². The smallest absolute Gasteiger partial charge is 0.258 e. The molecule has 0 aromatic rings. The summed E-state index contributed by atoms with van der Waals surface area (Å²) in [5.41, 5.74) is -0.661. The summed E-state index contributed by atoms with van der Waals surface area (Å²) in [4.78, 5) is 0. The minimum absolute atomic E-state index is 0.400. The zero-order valence-corrected chi connectivity index (χ0v) is 6.66. The Kier molecular flexibility index (Phi) is 1.32. The van der Waals surface area contributed by atoms with Crippen LogP contribution >= 0.6 is 0 Å². The molecule has 1 aliphatic heterocycles. The zero-order valence-electron chi connectivity index (χ0n) is 6.66. The summed E-state index contributed by atoms with van der Waals surface area (Å²) in [5, 5.41) is 3.04. The number of halogens is 2. The Morgan fingerprint density at radius 3 is 2.36 bits per heavy atom. The predicted molar refractivity (Wildman–Crippen MR) is 38.6 cm³/mol. The molecule has 0 radical (unpaired) electrons. The van der Waals surface area contributed by atoms with Crippen molar-refractivity contribution in [3.05, 3.63) is 0 Å². The fourth-order valence-electron chi connectivity index (χ4n) is 2.29. The molecule has 2 fully saturated rings. The molecule has 1 spiro atoms. The topological polar surface area (TPSA) is 12.0 Å². The van der Waals surface area contributed by atoms with Crippen LogP contribution in [0, 0.1) is 11.3 Å². The van der Waals surface area contributed by atoms with Crippen LogP contribution in [0.2, 0.25) is 0 Å². The van der Waals surface area contributed by atoms with Crippen LogP contribution in [0.3, 0.4) is 0 Å². The molecule has 2 aliphatic rings. The minimum Gasteiger partial charge on any atom is -0.316 e. The third kappa shape index (κ3) is 0.723. The normalized spacial score (nSPS) is 47.7. The Hall–Kier alpha value is -0.180. The van der Waals surface area contributed by atoms with E-state index in [0.29, 0.717) is 13.0 Å². The largest absolute Gasteiger partial charge is 0.316 e. The Bertz CT molecular complexity index is 173. The summed E-state index contributed by atoms with van der Waals surface area (Å²) < 4.78 is 26.1. The summed E-state index contributed by atoms with van der Waals surface area (Å²) >= 11 is 0. The fraction of sp³-hybridized carbons (Fsp3) is 1.00. The number of rotatable bonds is 0. The lowest BCUT2D eigenvalue weighted by Gasteiger charge is -2.22. The molecule has 0 bridgehead atoms. The molecule has 1 aliphatic carbocycles. The summed E-state index contributed by atoms with van der Waals surface area (Å²) in [6, 6.07) is 0. The maximum absolute atomic E-state index is 13.0. The molecule has 2 rings (SSSR count). The average Bonchev–Trinajstić information content (AvgIpc) is 2.39. The van der Waals surface area contributed by atoms with E-state index in [4.69, 9.17) is 0 Å². The first kappa shape index (κ1) is 7.47. The van der Waals surface area contributed by atoms with Gasteiger partial charge in [0.05, 0.1) is 5.41 Å². The average molecular weight is 161 g/mol. The van der Waals surface area contributed by atoms with Gasteiger partial charge >= 0.3 is 0 Å². The molecule has 1 heterocycles. The number of nitrogens with one attached hydrogen (secondary N) is 1. The fourth-order valence-corrected chi connectivity index (χ4v) is 2.29. The molecular formula is C8H13F2N. The lowest BCUT2D eigenvalue weighted by molar-refractivity contribution is 0.0493. The van der Waals surface area contributed by atoms with Crippen molar-refractivity contribution in [1.29, 1.82) is 0 Å². The van der Waals surface area contributed by atoms with Crippen molar-refractivity contribution in [3.63, 3.8) is 0 Å². The maximum Gasteiger partial charge on any atom is 0.258 e. The van der Waals surface area contributed by atoms with Gasteiger partial charge in [-0.1, -0.05) is 6.92 Å². The van der Waals surface area contributed by atoms with Crippen LogP contribution < -0.4 is 5.32 Å². The van der Waals surface area contributed by atoms with Gasteiger partial charge in [0.25, 0.3) is 5.92 Å². The Morgan fingerprint density at radius 1 is 1.45 bits per heavy atom. The van der Waals surface area contributed by atoms with Gasteiger partial charge < -0.3 is 5.32 Å². The van der Waals surface area contributed by atoms with E-state index in [1.54, 1.807) is 6.92 Å². The first-order valence-corrected chi connectivity index (χ1v) is 4.20. The van der Waals surface area contributed by atoms with Crippen molar-refractivity contribution >= 4 is 0 Å². The van der Waals surface area contributed by atoms with Crippen LogP contribution in [0.4, 0.5) is 8.78 Å². The minimum atomic E-state index is -2.39. The standard InChI is InChI=1S/C8H13F2N/c1-6-7(8(6,9)10)3-2-4-11-5-7/h6,11H,2-5H2,1H3. The number of piperidine rings is 1. The molecule has 0 amide bonds. The van der Waals surface area contributed by atoms with E-state index >= 15 is 0 Å². The molecule has 1 N–H and O–H groups in total. The third-order valence-electron chi connectivity index (χ3n) is 3.37. The van der Waals surface area contributed by atoms with E-state index in [1.165, 1.54) is 0 Å². The molecule has 1 saturated carbocycles. The molecule has 2 atom stereocenters. The van der Waals surface area contributed by atoms with Gasteiger partial charge in [-0.3, -0.25) is 0 Å². The van der Waals surface area contributed by atoms with Crippen molar-refractivity contribution in [1.82, 2.24) is 5.32 Å². The Labute approximate surface area is 65.2 Å². The molecular weight excluding hydrogens is 148 g/mol.